The summed E-state index contributed by atoms with van der Waals surface area (Å²) in [5.74, 6) is 1.67. The molecule has 1 aliphatic heterocycles. The summed E-state index contributed by atoms with van der Waals surface area (Å²) in [5, 5.41) is 2.04. The van der Waals surface area contributed by atoms with Crippen molar-refractivity contribution < 1.29 is 27.1 Å². The van der Waals surface area contributed by atoms with E-state index >= 15 is 0 Å². The van der Waals surface area contributed by atoms with Gasteiger partial charge in [0.05, 0.1) is 51.3 Å². The van der Waals surface area contributed by atoms with E-state index in [1.807, 2.05) is 79.0 Å². The fourth-order valence-corrected chi connectivity index (χ4v) is 10.7. The van der Waals surface area contributed by atoms with E-state index in [1.54, 1.807) is 27.3 Å². The first-order valence-electron chi connectivity index (χ1n) is 32.4. The van der Waals surface area contributed by atoms with Crippen LogP contribution in [0.2, 0.25) is 0 Å². The number of hydrogen-bond donors (Lipinski definition) is 0. The van der Waals surface area contributed by atoms with Crippen molar-refractivity contribution in [3.05, 3.63) is 235 Å². The Morgan fingerprint density at radius 2 is 1.06 bits per heavy atom. The molecule has 13 rings (SSSR count). The minimum atomic E-state index is -0.655. The van der Waals surface area contributed by atoms with Crippen molar-refractivity contribution in [2.75, 3.05) is 0 Å². The van der Waals surface area contributed by atoms with Gasteiger partial charge in [-0.2, -0.15) is 0 Å². The molecule has 0 unspecified atom stereocenters. The van der Waals surface area contributed by atoms with Crippen LogP contribution in [-0.2, 0) is 16.2 Å². The quantitative estimate of drug-likeness (QED) is 0.123. The van der Waals surface area contributed by atoms with Gasteiger partial charge in [0.2, 0.25) is 0 Å². The van der Waals surface area contributed by atoms with E-state index in [0.29, 0.717) is 39.5 Å². The second-order valence-corrected chi connectivity index (χ2v) is 22.9. The van der Waals surface area contributed by atoms with Crippen molar-refractivity contribution >= 4 is 32.8 Å². The first kappa shape index (κ1) is 35.5. The van der Waals surface area contributed by atoms with Gasteiger partial charge in [-0.25, -0.2) is 4.98 Å². The zero-order valence-electron chi connectivity index (χ0n) is 57.4. The number of imidazole rings is 1. The summed E-state index contributed by atoms with van der Waals surface area (Å²) in [5.41, 5.74) is 6.64. The van der Waals surface area contributed by atoms with Gasteiger partial charge in [-0.1, -0.05) is 208 Å². The third kappa shape index (κ3) is 8.33. The van der Waals surface area contributed by atoms with Crippen LogP contribution in [0.4, 0.5) is 0 Å². The molecule has 1 aliphatic rings. The molecule has 0 amide bonds. The average Bonchev–Trinajstić information content (AvgIpc) is 1.44. The van der Waals surface area contributed by atoms with Gasteiger partial charge in [0.15, 0.2) is 0 Å². The SMILES string of the molecule is [2H]c1c([2H])c([2H])c(-c2cc3c4c(c2)n(-c2cccc(Oc5ccc6c7ccccc7n(-c7cc(C(C)(C)C)ccn7)c6c5)c2)[c-][n+]4-c2c(-c4cc(C(C)(C)C)cc(C(C)(C)C)c4)cccc2-c2c([2H])c([2H])c([2H])c([2H])c2-c2c([2H])c([2H])c([2H])c([2H])c2-3)c([2H])c1[2H]. The van der Waals surface area contributed by atoms with Crippen molar-refractivity contribution in [3.8, 4) is 84.3 Å². The largest absolute Gasteiger partial charge is 0.458 e. The minimum Gasteiger partial charge on any atom is -0.458 e. The summed E-state index contributed by atoms with van der Waals surface area (Å²) < 4.78 is 134. The lowest BCUT2D eigenvalue weighted by molar-refractivity contribution is -0.570. The number of nitrogens with zero attached hydrogens (tertiary/aromatic N) is 4. The number of fused-ring (bicyclic) bond motifs is 10. The van der Waals surface area contributed by atoms with Crippen LogP contribution in [0, 0.1) is 6.33 Å². The van der Waals surface area contributed by atoms with Crippen molar-refractivity contribution in [1.82, 2.24) is 14.1 Å². The van der Waals surface area contributed by atoms with Crippen molar-refractivity contribution in [2.45, 2.75) is 78.6 Å². The maximum atomic E-state index is 9.97. The lowest BCUT2D eigenvalue weighted by atomic mass is 9.78. The molecule has 0 bridgehead atoms. The molecule has 0 aliphatic carbocycles. The number of ether oxygens (including phenoxy) is 1. The Bertz CT molecular complexity index is 5040. The smallest absolute Gasteiger partial charge is 0.269 e. The Morgan fingerprint density at radius 3 is 1.77 bits per heavy atom. The van der Waals surface area contributed by atoms with E-state index in [9.17, 15) is 13.7 Å². The van der Waals surface area contributed by atoms with Crippen LogP contribution >= 0.6 is 0 Å². The summed E-state index contributed by atoms with van der Waals surface area (Å²) in [6.45, 7) is 19.3. The van der Waals surface area contributed by atoms with E-state index in [0.717, 1.165) is 49.9 Å². The lowest BCUT2D eigenvalue weighted by Gasteiger charge is -2.27. The summed E-state index contributed by atoms with van der Waals surface area (Å²) in [7, 11) is 0. The van der Waals surface area contributed by atoms with Crippen LogP contribution in [0.3, 0.4) is 0 Å². The molecular weight excluding hydrogens is 937 g/mol. The molecule has 0 saturated carbocycles. The van der Waals surface area contributed by atoms with Crippen LogP contribution in [0.25, 0.3) is 106 Å². The summed E-state index contributed by atoms with van der Waals surface area (Å²) in [4.78, 5) is 4.88. The standard InChI is InChI=1S/C72H62N4O/c1-70(2,3)49-35-36-73-67(42-49)76-64-32-18-17-29-60(64)61-34-33-54(44-65(61)76)77-53-24-19-23-52(43-53)74-45-75-68-55(48-37-50(71(4,5)6)41-51(38-48)72(7,8)9)30-20-31-62(68)58-27-15-13-25-56(58)57-26-14-16-28-59(57)63-39-47(40-66(74)69(63)75)46-21-11-10-12-22-46/h10-44H,1-9H3/i10D,11D,12D,13D,14D,15D,16D,21D,22D,25D,26D,27D,28D. The Labute approximate surface area is 470 Å². The number of pyridine rings is 1. The van der Waals surface area contributed by atoms with Gasteiger partial charge in [0.1, 0.15) is 17.3 Å². The van der Waals surface area contributed by atoms with E-state index in [-0.39, 0.29) is 60.7 Å². The third-order valence-electron chi connectivity index (χ3n) is 14.7. The summed E-state index contributed by atoms with van der Waals surface area (Å²) in [6.07, 6.45) is 5.51. The molecule has 0 N–H and O–H groups in total. The highest BCUT2D eigenvalue weighted by Gasteiger charge is 2.29. The average molecular weight is 1010 g/mol. The van der Waals surface area contributed by atoms with Gasteiger partial charge in [-0.15, -0.1) is 0 Å². The highest BCUT2D eigenvalue weighted by Crippen LogP contribution is 2.47. The normalized spacial score (nSPS) is 14.8. The fraction of sp³-hybridized carbons (Fsp3) is 0.167. The molecule has 0 spiro atoms. The zero-order valence-corrected chi connectivity index (χ0v) is 44.4. The number of benzene rings is 9. The zero-order chi connectivity index (χ0) is 64.3. The molecular formula is C72H62N4O. The number of rotatable bonds is 6. The monoisotopic (exact) mass is 1010 g/mol. The molecule has 5 nitrogen and oxygen atoms in total. The molecule has 5 heteroatoms. The number of aromatic nitrogens is 4. The topological polar surface area (TPSA) is 35.9 Å². The molecule has 9 aromatic carbocycles. The van der Waals surface area contributed by atoms with Gasteiger partial charge in [-0.05, 0) is 143 Å². The molecule has 0 fully saturated rings. The molecule has 12 aromatic rings. The van der Waals surface area contributed by atoms with Gasteiger partial charge >= 0.3 is 0 Å². The maximum absolute atomic E-state index is 9.97. The van der Waals surface area contributed by atoms with Gasteiger partial charge in [0, 0.05) is 23.0 Å². The molecule has 77 heavy (non-hydrogen) atoms. The van der Waals surface area contributed by atoms with Crippen molar-refractivity contribution in [2.24, 2.45) is 0 Å². The van der Waals surface area contributed by atoms with Crippen LogP contribution < -0.4 is 9.30 Å². The Balaban J connectivity index is 1.16. The molecule has 0 saturated heterocycles. The predicted octanol–water partition coefficient (Wildman–Crippen LogP) is 18.5. The second-order valence-electron chi connectivity index (χ2n) is 22.9. The number of para-hydroxylation sites is 2. The summed E-state index contributed by atoms with van der Waals surface area (Å²) in [6, 6.07) is 33.2. The minimum absolute atomic E-state index is 0.0308. The molecule has 0 atom stereocenters. The van der Waals surface area contributed by atoms with Gasteiger partial charge in [-0.3, -0.25) is 13.7 Å². The molecule has 3 aromatic heterocycles. The fourth-order valence-electron chi connectivity index (χ4n) is 10.7. The molecule has 376 valence electrons. The maximum Gasteiger partial charge on any atom is 0.269 e. The third-order valence-corrected chi connectivity index (χ3v) is 14.7. The predicted molar refractivity (Wildman–Crippen MR) is 319 cm³/mol. The Morgan fingerprint density at radius 1 is 0.455 bits per heavy atom. The van der Waals surface area contributed by atoms with Gasteiger partial charge < -0.3 is 4.74 Å². The van der Waals surface area contributed by atoms with Crippen LogP contribution in [0.1, 0.15) is 96.8 Å². The first-order chi connectivity index (χ1) is 42.5. The van der Waals surface area contributed by atoms with E-state index < -0.39 is 78.6 Å². The molecule has 4 heterocycles. The number of hydrogen-bond acceptors (Lipinski definition) is 2. The molecule has 0 radical (unpaired) electrons. The van der Waals surface area contributed by atoms with Crippen LogP contribution in [0.5, 0.6) is 11.5 Å². The Hall–Kier alpha value is -8.80. The second kappa shape index (κ2) is 17.9. The van der Waals surface area contributed by atoms with Crippen LogP contribution in [-0.4, -0.2) is 14.1 Å². The summed E-state index contributed by atoms with van der Waals surface area (Å²) >= 11 is 0. The van der Waals surface area contributed by atoms with E-state index in [1.165, 1.54) is 0 Å². The van der Waals surface area contributed by atoms with Crippen LogP contribution in [0.15, 0.2) is 212 Å². The highest BCUT2D eigenvalue weighted by atomic mass is 16.5. The van der Waals surface area contributed by atoms with Gasteiger partial charge in [0.25, 0.3) is 6.33 Å². The van der Waals surface area contributed by atoms with Crippen molar-refractivity contribution in [3.63, 3.8) is 0 Å². The van der Waals surface area contributed by atoms with E-state index in [2.05, 4.69) is 110 Å². The van der Waals surface area contributed by atoms with Crippen molar-refractivity contribution in [1.29, 1.82) is 0 Å². The lowest BCUT2D eigenvalue weighted by Crippen LogP contribution is -2.32. The highest BCUT2D eigenvalue weighted by molar-refractivity contribution is 6.09. The first-order valence-corrected chi connectivity index (χ1v) is 25.9. The van der Waals surface area contributed by atoms with E-state index in [4.69, 9.17) is 13.8 Å². The Kier molecular flexibility index (Phi) is 8.25.